The van der Waals surface area contributed by atoms with Gasteiger partial charge in [-0.1, -0.05) is 26.7 Å². The Bertz CT molecular complexity index is 93.4. The van der Waals surface area contributed by atoms with Crippen LogP contribution in [0.1, 0.15) is 39.5 Å². The molecule has 0 aromatic rings. The van der Waals surface area contributed by atoms with Gasteiger partial charge in [-0.2, -0.15) is 0 Å². The Labute approximate surface area is 63.3 Å². The summed E-state index contributed by atoms with van der Waals surface area (Å²) in [5, 5.41) is 7.24. The quantitative estimate of drug-likeness (QED) is 0.448. The van der Waals surface area contributed by atoms with Crippen LogP contribution >= 0.6 is 0 Å². The lowest BCUT2D eigenvalue weighted by molar-refractivity contribution is 0.553. The Morgan fingerprint density at radius 1 is 1.30 bits per heavy atom. The van der Waals surface area contributed by atoms with Gasteiger partial charge >= 0.3 is 0 Å². The first-order valence-corrected chi connectivity index (χ1v) is 4.06. The van der Waals surface area contributed by atoms with Gasteiger partial charge in [0.2, 0.25) is 0 Å². The Kier molecular flexibility index (Phi) is 4.99. The van der Waals surface area contributed by atoms with Crippen LogP contribution in [-0.2, 0) is 0 Å². The predicted molar refractivity (Wildman–Crippen MR) is 45.2 cm³/mol. The number of nitrogens with two attached hydrogens (primary N) is 1. The molecule has 0 aliphatic heterocycles. The zero-order valence-electron chi connectivity index (χ0n) is 6.98. The Balaban J connectivity index is 3.61. The number of amidine groups is 1. The molecule has 0 unspecified atom stereocenters. The molecule has 0 aromatic heterocycles. The van der Waals surface area contributed by atoms with Gasteiger partial charge in [0, 0.05) is 5.92 Å². The average Bonchev–Trinajstić information content (AvgIpc) is 1.87. The SMILES string of the molecule is CCCC(CCC)C(=N)N. The van der Waals surface area contributed by atoms with Gasteiger partial charge in [0.1, 0.15) is 0 Å². The molecule has 2 nitrogen and oxygen atoms in total. The maximum atomic E-state index is 7.24. The first-order valence-electron chi connectivity index (χ1n) is 4.06. The van der Waals surface area contributed by atoms with Crippen molar-refractivity contribution in [3.8, 4) is 0 Å². The van der Waals surface area contributed by atoms with Crippen molar-refractivity contribution in [3.63, 3.8) is 0 Å². The van der Waals surface area contributed by atoms with Crippen LogP contribution in [0.2, 0.25) is 0 Å². The van der Waals surface area contributed by atoms with E-state index in [9.17, 15) is 0 Å². The fraction of sp³-hybridized carbons (Fsp3) is 0.875. The van der Waals surface area contributed by atoms with Crippen molar-refractivity contribution in [1.29, 1.82) is 5.41 Å². The summed E-state index contributed by atoms with van der Waals surface area (Å²) in [4.78, 5) is 0. The van der Waals surface area contributed by atoms with E-state index in [4.69, 9.17) is 11.1 Å². The normalized spacial score (nSPS) is 10.3. The van der Waals surface area contributed by atoms with Crippen molar-refractivity contribution in [2.75, 3.05) is 0 Å². The molecule has 0 saturated carbocycles. The van der Waals surface area contributed by atoms with Crippen LogP contribution in [0.15, 0.2) is 0 Å². The molecule has 0 atom stereocenters. The summed E-state index contributed by atoms with van der Waals surface area (Å²) in [6, 6.07) is 0. The lowest BCUT2D eigenvalue weighted by atomic mass is 9.97. The number of nitrogens with one attached hydrogen (secondary N) is 1. The molecule has 0 saturated heterocycles. The maximum Gasteiger partial charge on any atom is 0.0936 e. The van der Waals surface area contributed by atoms with E-state index >= 15 is 0 Å². The lowest BCUT2D eigenvalue weighted by Crippen LogP contribution is -2.21. The standard InChI is InChI=1S/C8H18N2/c1-3-5-7(6-4-2)8(9)10/h7H,3-6H2,1-2H3,(H3,9,10). The third-order valence-electron chi connectivity index (χ3n) is 1.71. The summed E-state index contributed by atoms with van der Waals surface area (Å²) in [6.07, 6.45) is 4.40. The van der Waals surface area contributed by atoms with Gasteiger partial charge in [0.25, 0.3) is 0 Å². The highest BCUT2D eigenvalue weighted by Crippen LogP contribution is 2.12. The van der Waals surface area contributed by atoms with Crippen LogP contribution < -0.4 is 5.73 Å². The van der Waals surface area contributed by atoms with Crippen LogP contribution in [-0.4, -0.2) is 5.84 Å². The fourth-order valence-electron chi connectivity index (χ4n) is 1.15. The van der Waals surface area contributed by atoms with Crippen molar-refractivity contribution >= 4 is 5.84 Å². The van der Waals surface area contributed by atoms with E-state index in [2.05, 4.69) is 13.8 Å². The van der Waals surface area contributed by atoms with Crippen LogP contribution in [0, 0.1) is 11.3 Å². The smallest absolute Gasteiger partial charge is 0.0936 e. The number of hydrogen-bond donors (Lipinski definition) is 2. The molecule has 0 rings (SSSR count). The highest BCUT2D eigenvalue weighted by Gasteiger charge is 2.08. The van der Waals surface area contributed by atoms with Crippen molar-refractivity contribution < 1.29 is 0 Å². The largest absolute Gasteiger partial charge is 0.387 e. The molecule has 0 aliphatic rings. The number of hydrogen-bond acceptors (Lipinski definition) is 1. The molecule has 0 radical (unpaired) electrons. The van der Waals surface area contributed by atoms with E-state index < -0.39 is 0 Å². The van der Waals surface area contributed by atoms with Gasteiger partial charge in [-0.15, -0.1) is 0 Å². The van der Waals surface area contributed by atoms with Crippen molar-refractivity contribution in [2.45, 2.75) is 39.5 Å². The molecule has 10 heavy (non-hydrogen) atoms. The van der Waals surface area contributed by atoms with Gasteiger partial charge in [0.05, 0.1) is 5.84 Å². The van der Waals surface area contributed by atoms with Crippen molar-refractivity contribution in [1.82, 2.24) is 0 Å². The van der Waals surface area contributed by atoms with E-state index in [-0.39, 0.29) is 0 Å². The van der Waals surface area contributed by atoms with Crippen molar-refractivity contribution in [3.05, 3.63) is 0 Å². The fourth-order valence-corrected chi connectivity index (χ4v) is 1.15. The molecule has 0 bridgehead atoms. The summed E-state index contributed by atoms with van der Waals surface area (Å²) >= 11 is 0. The topological polar surface area (TPSA) is 49.9 Å². The predicted octanol–water partition coefficient (Wildman–Crippen LogP) is 2.14. The van der Waals surface area contributed by atoms with Gasteiger partial charge in [0.15, 0.2) is 0 Å². The molecule has 0 heterocycles. The summed E-state index contributed by atoms with van der Waals surface area (Å²) in [7, 11) is 0. The summed E-state index contributed by atoms with van der Waals surface area (Å²) < 4.78 is 0. The van der Waals surface area contributed by atoms with E-state index in [1.54, 1.807) is 0 Å². The van der Waals surface area contributed by atoms with Crippen LogP contribution in [0.5, 0.6) is 0 Å². The molecule has 0 amide bonds. The zero-order valence-corrected chi connectivity index (χ0v) is 6.98. The third-order valence-corrected chi connectivity index (χ3v) is 1.71. The molecular weight excluding hydrogens is 124 g/mol. The van der Waals surface area contributed by atoms with Crippen LogP contribution in [0.4, 0.5) is 0 Å². The second-order valence-corrected chi connectivity index (χ2v) is 2.73. The highest BCUT2D eigenvalue weighted by atomic mass is 14.7. The Hall–Kier alpha value is -0.530. The molecular formula is C8H18N2. The minimum atomic E-state index is 0.343. The highest BCUT2D eigenvalue weighted by molar-refractivity contribution is 5.79. The summed E-state index contributed by atoms with van der Waals surface area (Å²) in [5.74, 6) is 0.707. The second-order valence-electron chi connectivity index (χ2n) is 2.73. The molecule has 0 spiro atoms. The first-order chi connectivity index (χ1) is 4.72. The van der Waals surface area contributed by atoms with E-state index in [0.717, 1.165) is 25.7 Å². The maximum absolute atomic E-state index is 7.24. The lowest BCUT2D eigenvalue weighted by Gasteiger charge is -2.11. The van der Waals surface area contributed by atoms with Crippen LogP contribution in [0.3, 0.4) is 0 Å². The van der Waals surface area contributed by atoms with E-state index in [1.165, 1.54) is 0 Å². The molecule has 0 aromatic carbocycles. The minimum Gasteiger partial charge on any atom is -0.387 e. The molecule has 3 N–H and O–H groups in total. The monoisotopic (exact) mass is 142 g/mol. The second kappa shape index (κ2) is 5.27. The third kappa shape index (κ3) is 3.49. The van der Waals surface area contributed by atoms with E-state index in [1.807, 2.05) is 0 Å². The molecule has 0 aliphatic carbocycles. The molecule has 0 fully saturated rings. The average molecular weight is 142 g/mol. The molecule has 60 valence electrons. The van der Waals surface area contributed by atoms with E-state index in [0.29, 0.717) is 11.8 Å². The zero-order chi connectivity index (χ0) is 7.98. The molecule has 2 heteroatoms. The van der Waals surface area contributed by atoms with Gasteiger partial charge in [-0.05, 0) is 12.8 Å². The summed E-state index contributed by atoms with van der Waals surface area (Å²) in [5.41, 5.74) is 5.39. The van der Waals surface area contributed by atoms with Crippen molar-refractivity contribution in [2.24, 2.45) is 11.7 Å². The summed E-state index contributed by atoms with van der Waals surface area (Å²) in [6.45, 7) is 4.26. The van der Waals surface area contributed by atoms with Gasteiger partial charge in [-0.25, -0.2) is 0 Å². The first kappa shape index (κ1) is 9.47. The van der Waals surface area contributed by atoms with Gasteiger partial charge < -0.3 is 5.73 Å². The van der Waals surface area contributed by atoms with Gasteiger partial charge in [-0.3, -0.25) is 5.41 Å². The number of rotatable bonds is 5. The van der Waals surface area contributed by atoms with Crippen LogP contribution in [0.25, 0.3) is 0 Å². The Morgan fingerprint density at radius 2 is 1.70 bits per heavy atom. The minimum absolute atomic E-state index is 0.343. The Morgan fingerprint density at radius 3 is 1.90 bits per heavy atom.